The van der Waals surface area contributed by atoms with E-state index in [1.165, 1.54) is 0 Å². The molecule has 6 aromatic rings. The van der Waals surface area contributed by atoms with Crippen LogP contribution in [-0.2, 0) is 16.1 Å². The minimum absolute atomic E-state index is 0.342. The lowest BCUT2D eigenvalue weighted by Gasteiger charge is -2.15. The minimum Gasteiger partial charge on any atom is -0.497 e. The number of nitrogens with zero attached hydrogens (tertiary/aromatic N) is 2. The third-order valence-electron chi connectivity index (χ3n) is 7.33. The molecule has 0 fully saturated rings. The second-order valence-electron chi connectivity index (χ2n) is 9.83. The van der Waals surface area contributed by atoms with Gasteiger partial charge in [0.25, 0.3) is 5.91 Å². The van der Waals surface area contributed by atoms with E-state index in [1.54, 1.807) is 20.1 Å². The number of carbonyl (C=O) groups excluding carboxylic acids is 2. The van der Waals surface area contributed by atoms with Gasteiger partial charge < -0.3 is 19.4 Å². The van der Waals surface area contributed by atoms with Gasteiger partial charge in [-0.2, -0.15) is 0 Å². The third-order valence-corrected chi connectivity index (χ3v) is 7.33. The highest BCUT2D eigenvalue weighted by Crippen LogP contribution is 2.31. The van der Waals surface area contributed by atoms with Crippen LogP contribution in [0.25, 0.3) is 44.0 Å². The van der Waals surface area contributed by atoms with Crippen molar-refractivity contribution in [1.82, 2.24) is 9.55 Å². The number of fused-ring (bicyclic) bond motifs is 4. The van der Waals surface area contributed by atoms with Crippen LogP contribution in [0.4, 0.5) is 5.69 Å². The van der Waals surface area contributed by atoms with Crippen molar-refractivity contribution in [1.29, 1.82) is 0 Å². The number of aromatic nitrogens is 2. The Morgan fingerprint density at radius 3 is 2.32 bits per heavy atom. The molecule has 0 saturated heterocycles. The number of methoxy groups -OCH3 is 1. The first-order valence-electron chi connectivity index (χ1n) is 13.5. The molecular formula is C34H29N3O4. The predicted octanol–water partition coefficient (Wildman–Crippen LogP) is 7.22. The molecule has 0 spiro atoms. The Morgan fingerprint density at radius 1 is 0.854 bits per heavy atom. The molecule has 0 aliphatic carbocycles. The van der Waals surface area contributed by atoms with Crippen molar-refractivity contribution < 1.29 is 19.1 Å². The molecule has 41 heavy (non-hydrogen) atoms. The number of hydrogen-bond donors (Lipinski definition) is 1. The number of hydrogen-bond acceptors (Lipinski definition) is 5. The van der Waals surface area contributed by atoms with Gasteiger partial charge in [-0.05, 0) is 74.5 Å². The lowest BCUT2D eigenvalue weighted by molar-refractivity contribution is -0.123. The average Bonchev–Trinajstić information content (AvgIpc) is 3.33. The molecule has 204 valence electrons. The molecule has 2 heterocycles. The Balaban J connectivity index is 1.25. The number of rotatable bonds is 7. The van der Waals surface area contributed by atoms with Crippen molar-refractivity contribution in [3.05, 3.63) is 103 Å². The maximum Gasteiger partial charge on any atom is 0.339 e. The second-order valence-corrected chi connectivity index (χ2v) is 9.83. The number of carbonyl (C=O) groups is 2. The summed E-state index contributed by atoms with van der Waals surface area (Å²) in [4.78, 5) is 31.3. The summed E-state index contributed by atoms with van der Waals surface area (Å²) >= 11 is 0. The van der Waals surface area contributed by atoms with Gasteiger partial charge in [-0.15, -0.1) is 0 Å². The van der Waals surface area contributed by atoms with Gasteiger partial charge in [0.2, 0.25) is 0 Å². The summed E-state index contributed by atoms with van der Waals surface area (Å²) in [6.45, 7) is 4.53. The summed E-state index contributed by atoms with van der Waals surface area (Å²) < 4.78 is 13.2. The first-order chi connectivity index (χ1) is 20.0. The van der Waals surface area contributed by atoms with Crippen LogP contribution in [0.3, 0.4) is 0 Å². The van der Waals surface area contributed by atoms with Gasteiger partial charge >= 0.3 is 5.97 Å². The number of aryl methyl sites for hydroxylation is 1. The van der Waals surface area contributed by atoms with Crippen LogP contribution >= 0.6 is 0 Å². The molecule has 2 aromatic heterocycles. The van der Waals surface area contributed by atoms with Gasteiger partial charge in [0.1, 0.15) is 5.75 Å². The van der Waals surface area contributed by atoms with Crippen LogP contribution < -0.4 is 10.1 Å². The Bertz CT molecular complexity index is 1920. The summed E-state index contributed by atoms with van der Waals surface area (Å²) in [6.07, 6.45) is -1.02. The highest BCUT2D eigenvalue weighted by Gasteiger charge is 2.22. The van der Waals surface area contributed by atoms with Gasteiger partial charge in [-0.3, -0.25) is 4.79 Å². The van der Waals surface area contributed by atoms with Gasteiger partial charge in [0.15, 0.2) is 6.10 Å². The number of para-hydroxylation sites is 2. The molecular weight excluding hydrogens is 514 g/mol. The van der Waals surface area contributed by atoms with Gasteiger partial charge in [-0.1, -0.05) is 36.4 Å². The van der Waals surface area contributed by atoms with E-state index in [0.717, 1.165) is 39.7 Å². The summed E-state index contributed by atoms with van der Waals surface area (Å²) in [5.41, 5.74) is 5.34. The Labute approximate surface area is 237 Å². The van der Waals surface area contributed by atoms with Crippen molar-refractivity contribution in [3.63, 3.8) is 0 Å². The topological polar surface area (TPSA) is 82.5 Å². The molecule has 1 atom stereocenters. The maximum atomic E-state index is 13.4. The molecule has 6 rings (SSSR count). The van der Waals surface area contributed by atoms with E-state index < -0.39 is 18.0 Å². The number of amides is 1. The molecule has 0 radical (unpaired) electrons. The predicted molar refractivity (Wildman–Crippen MR) is 162 cm³/mol. The van der Waals surface area contributed by atoms with Gasteiger partial charge in [0, 0.05) is 45.0 Å². The van der Waals surface area contributed by atoms with Crippen LogP contribution in [0, 0.1) is 0 Å². The molecule has 0 aliphatic rings. The molecule has 1 amide bonds. The van der Waals surface area contributed by atoms with Gasteiger partial charge in [-0.25, -0.2) is 9.78 Å². The van der Waals surface area contributed by atoms with Crippen molar-refractivity contribution in [2.75, 3.05) is 12.4 Å². The smallest absolute Gasteiger partial charge is 0.339 e. The number of ether oxygens (including phenoxy) is 2. The van der Waals surface area contributed by atoms with E-state index in [4.69, 9.17) is 14.5 Å². The molecule has 4 aromatic carbocycles. The molecule has 7 heteroatoms. The van der Waals surface area contributed by atoms with E-state index in [9.17, 15) is 9.59 Å². The van der Waals surface area contributed by atoms with Crippen LogP contribution in [0.15, 0.2) is 97.1 Å². The molecule has 1 N–H and O–H groups in total. The Hall–Kier alpha value is -5.17. The minimum atomic E-state index is -1.02. The molecule has 0 saturated carbocycles. The van der Waals surface area contributed by atoms with E-state index >= 15 is 0 Å². The van der Waals surface area contributed by atoms with Crippen molar-refractivity contribution in [2.45, 2.75) is 26.5 Å². The molecule has 0 unspecified atom stereocenters. The van der Waals surface area contributed by atoms with E-state index in [1.807, 2.05) is 78.9 Å². The van der Waals surface area contributed by atoms with Crippen LogP contribution in [-0.4, -0.2) is 34.6 Å². The van der Waals surface area contributed by atoms with Crippen molar-refractivity contribution in [3.8, 4) is 17.0 Å². The number of anilines is 1. The standard InChI is InChI=1S/C34H29N3O4/c1-4-37-31-12-8-6-10-26(31)27-19-23(15-18-32(27)37)35-33(38)21(2)41-34(39)28-20-30(22-13-16-24(40-3)17-14-22)36-29-11-7-5-9-25(28)29/h5-21H,4H2,1-3H3,(H,35,38)/t21-/m0/s1. The summed E-state index contributed by atoms with van der Waals surface area (Å²) in [7, 11) is 1.61. The number of esters is 1. The Kier molecular flexibility index (Phi) is 6.85. The van der Waals surface area contributed by atoms with Gasteiger partial charge in [0.05, 0.1) is 23.9 Å². The number of nitrogens with one attached hydrogen (secondary N) is 1. The fraction of sp³-hybridized carbons (Fsp3) is 0.147. The van der Waals surface area contributed by atoms with Crippen LogP contribution in [0.2, 0.25) is 0 Å². The first-order valence-corrected chi connectivity index (χ1v) is 13.5. The van der Waals surface area contributed by atoms with Crippen molar-refractivity contribution in [2.24, 2.45) is 0 Å². The molecule has 0 bridgehead atoms. The van der Waals surface area contributed by atoms with Crippen molar-refractivity contribution >= 4 is 50.3 Å². The summed E-state index contributed by atoms with van der Waals surface area (Å²) in [5.74, 6) is -0.280. The van der Waals surface area contributed by atoms with E-state index in [-0.39, 0.29) is 0 Å². The van der Waals surface area contributed by atoms with E-state index in [0.29, 0.717) is 27.8 Å². The quantitative estimate of drug-likeness (QED) is 0.215. The second kappa shape index (κ2) is 10.8. The average molecular weight is 544 g/mol. The normalized spacial score (nSPS) is 12.0. The monoisotopic (exact) mass is 543 g/mol. The lowest BCUT2D eigenvalue weighted by Crippen LogP contribution is -2.30. The fourth-order valence-electron chi connectivity index (χ4n) is 5.25. The van der Waals surface area contributed by atoms with Crippen LogP contribution in [0.1, 0.15) is 24.2 Å². The van der Waals surface area contributed by atoms with E-state index in [2.05, 4.69) is 28.9 Å². The lowest BCUT2D eigenvalue weighted by atomic mass is 10.0. The number of pyridine rings is 1. The zero-order valence-corrected chi connectivity index (χ0v) is 23.0. The van der Waals surface area contributed by atoms with Crippen LogP contribution in [0.5, 0.6) is 5.75 Å². The summed E-state index contributed by atoms with van der Waals surface area (Å²) in [6, 6.07) is 30.6. The Morgan fingerprint density at radius 2 is 1.56 bits per heavy atom. The first kappa shape index (κ1) is 26.1. The maximum absolute atomic E-state index is 13.4. The summed E-state index contributed by atoms with van der Waals surface area (Å²) in [5, 5.41) is 5.75. The zero-order valence-electron chi connectivity index (χ0n) is 23.0. The highest BCUT2D eigenvalue weighted by atomic mass is 16.5. The number of benzene rings is 4. The molecule has 7 nitrogen and oxygen atoms in total. The molecule has 0 aliphatic heterocycles. The highest BCUT2D eigenvalue weighted by molar-refractivity contribution is 6.10. The third kappa shape index (κ3) is 4.87. The largest absolute Gasteiger partial charge is 0.497 e. The zero-order chi connectivity index (χ0) is 28.5. The SMILES string of the molecule is CCn1c2ccccc2c2cc(NC(=O)[C@H](C)OC(=O)c3cc(-c4ccc(OC)cc4)nc4ccccc34)ccc21. The fourth-order valence-corrected chi connectivity index (χ4v) is 5.25.